The Hall–Kier alpha value is -2.68. The predicted molar refractivity (Wildman–Crippen MR) is 86.3 cm³/mol. The summed E-state index contributed by atoms with van der Waals surface area (Å²) in [6.07, 6.45) is -12.0. The summed E-state index contributed by atoms with van der Waals surface area (Å²) >= 11 is 0. The third kappa shape index (κ3) is 2.59. The van der Waals surface area contributed by atoms with Gasteiger partial charge in [0.1, 0.15) is 0 Å². The Morgan fingerprint density at radius 2 is 1.15 bits per heavy atom. The molecule has 0 radical (unpaired) electrons. The first kappa shape index (κ1) is 18.1. The fourth-order valence-electron chi connectivity index (χ4n) is 2.86. The molecular formula is C17H12F6N2O. The van der Waals surface area contributed by atoms with E-state index in [4.69, 9.17) is 11.5 Å². The highest BCUT2D eigenvalue weighted by atomic mass is 19.4. The summed E-state index contributed by atoms with van der Waals surface area (Å²) in [4.78, 5) is 0. The lowest BCUT2D eigenvalue weighted by atomic mass is 9.88. The molecule has 0 amide bonds. The number of fused-ring (bicyclic) bond motifs is 2. The normalized spacial score (nSPS) is 13.5. The van der Waals surface area contributed by atoms with Gasteiger partial charge in [-0.2, -0.15) is 26.3 Å². The van der Waals surface area contributed by atoms with Crippen molar-refractivity contribution in [3.63, 3.8) is 0 Å². The van der Waals surface area contributed by atoms with Crippen molar-refractivity contribution in [2.45, 2.75) is 18.0 Å². The van der Waals surface area contributed by atoms with E-state index in [2.05, 4.69) is 0 Å². The van der Waals surface area contributed by atoms with E-state index in [0.717, 1.165) is 6.07 Å². The van der Waals surface area contributed by atoms with E-state index in [1.54, 1.807) is 18.2 Å². The average molecular weight is 374 g/mol. The molecule has 3 nitrogen and oxygen atoms in total. The summed E-state index contributed by atoms with van der Waals surface area (Å²) in [6.45, 7) is 0. The number of anilines is 2. The number of nitrogens with two attached hydrogens (primary N) is 2. The molecule has 0 aliphatic rings. The smallest absolute Gasteiger partial charge is 0.399 e. The molecule has 0 aliphatic carbocycles. The number of aliphatic hydroxyl groups is 1. The second kappa shape index (κ2) is 5.41. The molecule has 0 bridgehead atoms. The third-order valence-corrected chi connectivity index (χ3v) is 4.20. The molecule has 0 saturated heterocycles. The summed E-state index contributed by atoms with van der Waals surface area (Å²) in [7, 11) is 0. The highest BCUT2D eigenvalue weighted by Crippen LogP contribution is 2.52. The summed E-state index contributed by atoms with van der Waals surface area (Å²) in [5, 5.41) is 11.2. The van der Waals surface area contributed by atoms with Crippen molar-refractivity contribution in [1.82, 2.24) is 0 Å². The first-order chi connectivity index (χ1) is 11.8. The first-order valence-electron chi connectivity index (χ1n) is 7.23. The van der Waals surface area contributed by atoms with E-state index >= 15 is 0 Å². The van der Waals surface area contributed by atoms with Crippen LogP contribution in [0, 0.1) is 0 Å². The van der Waals surface area contributed by atoms with Crippen molar-refractivity contribution in [3.05, 3.63) is 48.0 Å². The minimum absolute atomic E-state index is 0.0548. The van der Waals surface area contributed by atoms with Gasteiger partial charge in [-0.15, -0.1) is 0 Å². The van der Waals surface area contributed by atoms with Crippen LogP contribution in [0.1, 0.15) is 5.56 Å². The van der Waals surface area contributed by atoms with Crippen molar-refractivity contribution < 1.29 is 31.4 Å². The fourth-order valence-corrected chi connectivity index (χ4v) is 2.86. The Morgan fingerprint density at radius 1 is 0.654 bits per heavy atom. The molecule has 0 spiro atoms. The molecule has 0 saturated carbocycles. The predicted octanol–water partition coefficient (Wildman–Crippen LogP) is 4.47. The molecule has 0 atom stereocenters. The molecule has 0 aromatic heterocycles. The number of hydrogen-bond acceptors (Lipinski definition) is 3. The van der Waals surface area contributed by atoms with Crippen LogP contribution in [0.15, 0.2) is 42.5 Å². The number of benzene rings is 3. The Bertz CT molecular complexity index is 996. The number of alkyl halides is 6. The van der Waals surface area contributed by atoms with Crippen molar-refractivity contribution >= 4 is 32.9 Å². The molecule has 0 fully saturated rings. The molecule has 26 heavy (non-hydrogen) atoms. The molecule has 138 valence electrons. The molecule has 0 heterocycles. The van der Waals surface area contributed by atoms with E-state index in [1.807, 2.05) is 0 Å². The van der Waals surface area contributed by atoms with Crippen LogP contribution >= 0.6 is 0 Å². The van der Waals surface area contributed by atoms with Crippen molar-refractivity contribution in [3.8, 4) is 0 Å². The Balaban J connectivity index is 2.35. The number of nitrogen functional groups attached to an aromatic ring is 2. The Labute approximate surface area is 142 Å². The van der Waals surface area contributed by atoms with Crippen LogP contribution in [-0.4, -0.2) is 17.5 Å². The number of rotatable bonds is 1. The molecule has 3 aromatic carbocycles. The molecule has 3 aromatic rings. The highest BCUT2D eigenvalue weighted by molar-refractivity contribution is 6.00. The quantitative estimate of drug-likeness (QED) is 0.334. The van der Waals surface area contributed by atoms with Gasteiger partial charge in [0.05, 0.1) is 0 Å². The number of halogens is 6. The second-order valence-electron chi connectivity index (χ2n) is 5.95. The fraction of sp³-hybridized carbons (Fsp3) is 0.176. The molecule has 5 N–H and O–H groups in total. The zero-order valence-corrected chi connectivity index (χ0v) is 12.9. The van der Waals surface area contributed by atoms with Crippen LogP contribution in [-0.2, 0) is 5.60 Å². The van der Waals surface area contributed by atoms with Gasteiger partial charge in [0.2, 0.25) is 0 Å². The highest BCUT2D eigenvalue weighted by Gasteiger charge is 2.72. The van der Waals surface area contributed by atoms with Gasteiger partial charge < -0.3 is 16.6 Å². The van der Waals surface area contributed by atoms with Crippen LogP contribution < -0.4 is 11.5 Å². The maximum Gasteiger partial charge on any atom is 0.430 e. The molecule has 9 heteroatoms. The largest absolute Gasteiger partial charge is 0.430 e. The summed E-state index contributed by atoms with van der Waals surface area (Å²) in [6, 6.07) is 9.33. The zero-order valence-electron chi connectivity index (χ0n) is 12.9. The SMILES string of the molecule is Nc1ccc2cc3cc(N)c(C(O)(C(F)(F)F)C(F)(F)F)cc3cc2c1. The topological polar surface area (TPSA) is 72.3 Å². The molecule has 0 unspecified atom stereocenters. The second-order valence-corrected chi connectivity index (χ2v) is 5.95. The van der Waals surface area contributed by atoms with Crippen LogP contribution in [0.5, 0.6) is 0 Å². The zero-order chi connectivity index (χ0) is 19.5. The van der Waals surface area contributed by atoms with Crippen LogP contribution in [0.2, 0.25) is 0 Å². The lowest BCUT2D eigenvalue weighted by Crippen LogP contribution is -2.54. The Kier molecular flexibility index (Phi) is 3.77. The minimum Gasteiger partial charge on any atom is -0.399 e. The third-order valence-electron chi connectivity index (χ3n) is 4.20. The van der Waals surface area contributed by atoms with Crippen LogP contribution in [0.25, 0.3) is 21.5 Å². The van der Waals surface area contributed by atoms with E-state index in [-0.39, 0.29) is 5.39 Å². The molecular weight excluding hydrogens is 362 g/mol. The van der Waals surface area contributed by atoms with Gasteiger partial charge in [-0.05, 0) is 57.9 Å². The van der Waals surface area contributed by atoms with E-state index in [1.165, 1.54) is 12.1 Å². The monoisotopic (exact) mass is 374 g/mol. The van der Waals surface area contributed by atoms with Crippen molar-refractivity contribution in [1.29, 1.82) is 0 Å². The summed E-state index contributed by atoms with van der Waals surface area (Å²) < 4.78 is 78.8. The van der Waals surface area contributed by atoms with Gasteiger partial charge in [-0.1, -0.05) is 6.07 Å². The van der Waals surface area contributed by atoms with Gasteiger partial charge in [0.25, 0.3) is 5.60 Å². The lowest BCUT2D eigenvalue weighted by molar-refractivity contribution is -0.375. The van der Waals surface area contributed by atoms with E-state index in [9.17, 15) is 31.4 Å². The van der Waals surface area contributed by atoms with E-state index < -0.39 is 29.2 Å². The Morgan fingerprint density at radius 3 is 1.73 bits per heavy atom. The number of hydrogen-bond donors (Lipinski definition) is 3. The van der Waals surface area contributed by atoms with Gasteiger partial charge in [-0.3, -0.25) is 0 Å². The van der Waals surface area contributed by atoms with Crippen molar-refractivity contribution in [2.24, 2.45) is 0 Å². The standard InChI is InChI=1S/C17H12F6N2O/c18-16(19,20)15(26,17(21,22)23)13-6-10-4-9-5-12(24)2-1-8(9)3-11(10)7-14(13)25/h1-7,26H,24-25H2. The maximum absolute atomic E-state index is 13.1. The lowest BCUT2D eigenvalue weighted by Gasteiger charge is -2.33. The summed E-state index contributed by atoms with van der Waals surface area (Å²) in [5.41, 5.74) is 4.13. The van der Waals surface area contributed by atoms with Gasteiger partial charge in [-0.25, -0.2) is 0 Å². The average Bonchev–Trinajstić information content (AvgIpc) is 2.49. The van der Waals surface area contributed by atoms with Gasteiger partial charge in [0, 0.05) is 16.9 Å². The van der Waals surface area contributed by atoms with Crippen molar-refractivity contribution in [2.75, 3.05) is 11.5 Å². The van der Waals surface area contributed by atoms with Crippen LogP contribution in [0.3, 0.4) is 0 Å². The summed E-state index contributed by atoms with van der Waals surface area (Å²) in [5.74, 6) is 0. The van der Waals surface area contributed by atoms with Gasteiger partial charge in [0.15, 0.2) is 0 Å². The minimum atomic E-state index is -6.01. The van der Waals surface area contributed by atoms with Gasteiger partial charge >= 0.3 is 12.4 Å². The molecule has 3 rings (SSSR count). The first-order valence-corrected chi connectivity index (χ1v) is 7.23. The van der Waals surface area contributed by atoms with E-state index in [0.29, 0.717) is 27.9 Å². The molecule has 0 aliphatic heterocycles. The maximum atomic E-state index is 13.1. The van der Waals surface area contributed by atoms with Crippen LogP contribution in [0.4, 0.5) is 37.7 Å².